The van der Waals surface area contributed by atoms with Crippen LogP contribution in [-0.2, 0) is 0 Å². The molecule has 1 atom stereocenters. The second kappa shape index (κ2) is 5.40. The number of hydrogen-bond acceptors (Lipinski definition) is 3. The SMILES string of the molecule is COc1cccc([C@H](C)NC(=O)c2ccco2)c1. The first kappa shape index (κ1) is 12.2. The molecule has 4 heteroatoms. The van der Waals surface area contributed by atoms with Gasteiger partial charge < -0.3 is 14.5 Å². The summed E-state index contributed by atoms with van der Waals surface area (Å²) in [7, 11) is 1.62. The van der Waals surface area contributed by atoms with Gasteiger partial charge in [-0.15, -0.1) is 0 Å². The van der Waals surface area contributed by atoms with Gasteiger partial charge in [0.2, 0.25) is 0 Å². The first-order chi connectivity index (χ1) is 8.70. The maximum atomic E-state index is 11.8. The van der Waals surface area contributed by atoms with Gasteiger partial charge in [0, 0.05) is 0 Å². The molecule has 1 aromatic heterocycles. The number of hydrogen-bond donors (Lipinski definition) is 1. The summed E-state index contributed by atoms with van der Waals surface area (Å²) in [4.78, 5) is 11.8. The van der Waals surface area contributed by atoms with Crippen molar-refractivity contribution in [3.63, 3.8) is 0 Å². The van der Waals surface area contributed by atoms with Crippen LogP contribution in [0, 0.1) is 0 Å². The van der Waals surface area contributed by atoms with E-state index in [0.717, 1.165) is 11.3 Å². The van der Waals surface area contributed by atoms with E-state index in [1.54, 1.807) is 19.2 Å². The van der Waals surface area contributed by atoms with E-state index in [-0.39, 0.29) is 11.9 Å². The standard InChI is InChI=1S/C14H15NO3/c1-10(11-5-3-6-12(9-11)17-2)15-14(16)13-7-4-8-18-13/h3-10H,1-2H3,(H,15,16)/t10-/m0/s1. The Morgan fingerprint density at radius 1 is 1.33 bits per heavy atom. The number of benzene rings is 1. The van der Waals surface area contributed by atoms with Crippen LogP contribution in [-0.4, -0.2) is 13.0 Å². The second-order valence-electron chi connectivity index (χ2n) is 3.95. The molecular weight excluding hydrogens is 230 g/mol. The molecule has 1 aromatic carbocycles. The molecule has 1 heterocycles. The van der Waals surface area contributed by atoms with Gasteiger partial charge >= 0.3 is 0 Å². The van der Waals surface area contributed by atoms with Crippen molar-refractivity contribution in [2.24, 2.45) is 0 Å². The number of ether oxygens (including phenoxy) is 1. The third-order valence-electron chi connectivity index (χ3n) is 2.69. The Morgan fingerprint density at radius 3 is 2.83 bits per heavy atom. The highest BCUT2D eigenvalue weighted by molar-refractivity contribution is 5.91. The average Bonchev–Trinajstić information content (AvgIpc) is 2.92. The van der Waals surface area contributed by atoms with Crippen molar-refractivity contribution in [1.29, 1.82) is 0 Å². The Balaban J connectivity index is 2.07. The van der Waals surface area contributed by atoms with Gasteiger partial charge in [-0.3, -0.25) is 4.79 Å². The molecule has 0 bridgehead atoms. The summed E-state index contributed by atoms with van der Waals surface area (Å²) >= 11 is 0. The first-order valence-corrected chi connectivity index (χ1v) is 5.69. The lowest BCUT2D eigenvalue weighted by molar-refractivity contribution is 0.0912. The molecule has 0 aliphatic carbocycles. The largest absolute Gasteiger partial charge is 0.497 e. The minimum atomic E-state index is -0.227. The lowest BCUT2D eigenvalue weighted by atomic mass is 10.1. The van der Waals surface area contributed by atoms with Gasteiger partial charge in [0.15, 0.2) is 5.76 Å². The number of carbonyl (C=O) groups excluding carboxylic acids is 1. The molecule has 0 saturated carbocycles. The number of amides is 1. The van der Waals surface area contributed by atoms with Crippen LogP contribution in [0.1, 0.15) is 29.1 Å². The van der Waals surface area contributed by atoms with Gasteiger partial charge in [-0.25, -0.2) is 0 Å². The molecule has 0 spiro atoms. The highest BCUT2D eigenvalue weighted by Gasteiger charge is 2.13. The minimum absolute atomic E-state index is 0.113. The molecule has 0 aliphatic rings. The summed E-state index contributed by atoms with van der Waals surface area (Å²) < 4.78 is 10.2. The maximum absolute atomic E-state index is 11.8. The van der Waals surface area contributed by atoms with Gasteiger partial charge in [-0.05, 0) is 36.8 Å². The highest BCUT2D eigenvalue weighted by atomic mass is 16.5. The summed E-state index contributed by atoms with van der Waals surface area (Å²) in [6.07, 6.45) is 1.48. The van der Waals surface area contributed by atoms with Crippen molar-refractivity contribution in [2.45, 2.75) is 13.0 Å². The zero-order valence-electron chi connectivity index (χ0n) is 10.3. The fourth-order valence-electron chi connectivity index (χ4n) is 1.67. The van der Waals surface area contributed by atoms with Crippen LogP contribution in [0.4, 0.5) is 0 Å². The van der Waals surface area contributed by atoms with Gasteiger partial charge in [0.1, 0.15) is 5.75 Å². The number of furan rings is 1. The molecule has 0 fully saturated rings. The molecule has 0 radical (unpaired) electrons. The average molecular weight is 245 g/mol. The summed E-state index contributed by atoms with van der Waals surface area (Å²) in [6.45, 7) is 1.91. The smallest absolute Gasteiger partial charge is 0.287 e. The Kier molecular flexibility index (Phi) is 3.67. The van der Waals surface area contributed by atoms with Gasteiger partial charge in [0.05, 0.1) is 19.4 Å². The van der Waals surface area contributed by atoms with E-state index >= 15 is 0 Å². The van der Waals surface area contributed by atoms with E-state index < -0.39 is 0 Å². The minimum Gasteiger partial charge on any atom is -0.497 e. The van der Waals surface area contributed by atoms with Crippen molar-refractivity contribution in [1.82, 2.24) is 5.32 Å². The van der Waals surface area contributed by atoms with Crippen LogP contribution in [0.3, 0.4) is 0 Å². The zero-order valence-corrected chi connectivity index (χ0v) is 10.3. The number of carbonyl (C=O) groups is 1. The molecule has 2 aromatic rings. The molecule has 2 rings (SSSR count). The monoisotopic (exact) mass is 245 g/mol. The van der Waals surface area contributed by atoms with E-state index in [2.05, 4.69) is 5.32 Å². The lowest BCUT2D eigenvalue weighted by Gasteiger charge is -2.14. The summed E-state index contributed by atoms with van der Waals surface area (Å²) in [6, 6.07) is 10.8. The van der Waals surface area contributed by atoms with Crippen LogP contribution < -0.4 is 10.1 Å². The van der Waals surface area contributed by atoms with E-state index in [4.69, 9.17) is 9.15 Å². The molecular formula is C14H15NO3. The number of rotatable bonds is 4. The fourth-order valence-corrected chi connectivity index (χ4v) is 1.67. The third-order valence-corrected chi connectivity index (χ3v) is 2.69. The number of nitrogens with one attached hydrogen (secondary N) is 1. The predicted molar refractivity (Wildman–Crippen MR) is 67.6 cm³/mol. The Hall–Kier alpha value is -2.23. The fraction of sp³-hybridized carbons (Fsp3) is 0.214. The maximum Gasteiger partial charge on any atom is 0.287 e. The Morgan fingerprint density at radius 2 is 2.17 bits per heavy atom. The Labute approximate surface area is 106 Å². The van der Waals surface area contributed by atoms with E-state index in [9.17, 15) is 4.79 Å². The molecule has 18 heavy (non-hydrogen) atoms. The number of methoxy groups -OCH3 is 1. The van der Waals surface area contributed by atoms with Crippen molar-refractivity contribution in [2.75, 3.05) is 7.11 Å². The molecule has 1 N–H and O–H groups in total. The first-order valence-electron chi connectivity index (χ1n) is 5.69. The lowest BCUT2D eigenvalue weighted by Crippen LogP contribution is -2.26. The van der Waals surface area contributed by atoms with Crippen LogP contribution in [0.2, 0.25) is 0 Å². The molecule has 0 aliphatic heterocycles. The van der Waals surface area contributed by atoms with Crippen molar-refractivity contribution < 1.29 is 13.9 Å². The van der Waals surface area contributed by atoms with Gasteiger partial charge in [0.25, 0.3) is 5.91 Å². The summed E-state index contributed by atoms with van der Waals surface area (Å²) in [5.41, 5.74) is 0.981. The second-order valence-corrected chi connectivity index (χ2v) is 3.95. The molecule has 4 nitrogen and oxygen atoms in total. The molecule has 0 unspecified atom stereocenters. The van der Waals surface area contributed by atoms with Crippen LogP contribution >= 0.6 is 0 Å². The van der Waals surface area contributed by atoms with E-state index in [0.29, 0.717) is 5.76 Å². The van der Waals surface area contributed by atoms with E-state index in [1.807, 2.05) is 31.2 Å². The summed E-state index contributed by atoms with van der Waals surface area (Å²) in [5, 5.41) is 2.86. The van der Waals surface area contributed by atoms with Crippen molar-refractivity contribution in [3.05, 3.63) is 54.0 Å². The Bertz CT molecular complexity index is 520. The zero-order chi connectivity index (χ0) is 13.0. The predicted octanol–water partition coefficient (Wildman–Crippen LogP) is 2.78. The topological polar surface area (TPSA) is 51.5 Å². The molecule has 0 saturated heterocycles. The van der Waals surface area contributed by atoms with Crippen LogP contribution in [0.15, 0.2) is 47.1 Å². The highest BCUT2D eigenvalue weighted by Crippen LogP contribution is 2.19. The van der Waals surface area contributed by atoms with Crippen LogP contribution in [0.25, 0.3) is 0 Å². The van der Waals surface area contributed by atoms with Crippen LogP contribution in [0.5, 0.6) is 5.75 Å². The summed E-state index contributed by atoms with van der Waals surface area (Å²) in [5.74, 6) is 0.853. The normalized spacial score (nSPS) is 11.9. The quantitative estimate of drug-likeness (QED) is 0.901. The van der Waals surface area contributed by atoms with Crippen molar-refractivity contribution in [3.8, 4) is 5.75 Å². The van der Waals surface area contributed by atoms with Gasteiger partial charge in [-0.2, -0.15) is 0 Å². The van der Waals surface area contributed by atoms with E-state index in [1.165, 1.54) is 6.26 Å². The third kappa shape index (κ3) is 2.71. The molecule has 94 valence electrons. The van der Waals surface area contributed by atoms with Gasteiger partial charge in [-0.1, -0.05) is 12.1 Å². The molecule has 1 amide bonds. The van der Waals surface area contributed by atoms with Crippen molar-refractivity contribution >= 4 is 5.91 Å².